The van der Waals surface area contributed by atoms with Crippen LogP contribution in [0.3, 0.4) is 0 Å². The number of nitrogens with zero attached hydrogens (tertiary/aromatic N) is 3. The van der Waals surface area contributed by atoms with Gasteiger partial charge in [-0.05, 0) is 55.9 Å². The van der Waals surface area contributed by atoms with Crippen LogP contribution in [0.5, 0.6) is 5.75 Å². The normalized spacial score (nSPS) is 18.3. The number of methoxy groups -OCH3 is 2. The van der Waals surface area contributed by atoms with Gasteiger partial charge in [0.25, 0.3) is 0 Å². The van der Waals surface area contributed by atoms with Crippen LogP contribution in [0.1, 0.15) is 56.6 Å². The maximum Gasteiger partial charge on any atom is 0.222 e. The zero-order valence-electron chi connectivity index (χ0n) is 23.8. The van der Waals surface area contributed by atoms with Crippen molar-refractivity contribution in [2.75, 3.05) is 31.9 Å². The Morgan fingerprint density at radius 2 is 1.90 bits per heavy atom. The first-order valence-corrected chi connectivity index (χ1v) is 14.4. The summed E-state index contributed by atoms with van der Waals surface area (Å²) in [7, 11) is 3.52. The first-order valence-electron chi connectivity index (χ1n) is 14.4. The lowest BCUT2D eigenvalue weighted by molar-refractivity contribution is 0.0624. The van der Waals surface area contributed by atoms with E-state index in [4.69, 9.17) is 15.2 Å². The fourth-order valence-corrected chi connectivity index (χ4v) is 5.96. The second-order valence-corrected chi connectivity index (χ2v) is 10.8. The van der Waals surface area contributed by atoms with Gasteiger partial charge in [0.05, 0.1) is 37.9 Å². The summed E-state index contributed by atoms with van der Waals surface area (Å²) in [6.45, 7) is 3.48. The Kier molecular flexibility index (Phi) is 9.04. The van der Waals surface area contributed by atoms with Gasteiger partial charge in [0.15, 0.2) is 5.82 Å². The molecule has 40 heavy (non-hydrogen) atoms. The molecular weight excluding hydrogens is 504 g/mol. The summed E-state index contributed by atoms with van der Waals surface area (Å²) in [6.07, 6.45) is 6.63. The first kappa shape index (κ1) is 28.1. The number of hydrogen-bond donors (Lipinski definition) is 4. The molecule has 9 heteroatoms. The summed E-state index contributed by atoms with van der Waals surface area (Å²) in [5.74, 6) is 1.67. The molecule has 0 aliphatic heterocycles. The van der Waals surface area contributed by atoms with Crippen LogP contribution >= 0.6 is 0 Å². The van der Waals surface area contributed by atoms with Crippen molar-refractivity contribution in [3.05, 3.63) is 53.6 Å². The van der Waals surface area contributed by atoms with Crippen LogP contribution in [0.15, 0.2) is 42.5 Å². The number of aromatic nitrogens is 3. The highest BCUT2D eigenvalue weighted by molar-refractivity contribution is 6.09. The molecule has 9 nitrogen and oxygen atoms in total. The Labute approximate surface area is 236 Å². The van der Waals surface area contributed by atoms with Crippen LogP contribution < -0.4 is 21.1 Å². The van der Waals surface area contributed by atoms with Crippen LogP contribution in [0.2, 0.25) is 0 Å². The number of para-hydroxylation sites is 1. The number of ether oxygens (including phenoxy) is 2. The van der Waals surface area contributed by atoms with Gasteiger partial charge < -0.3 is 35.5 Å². The second kappa shape index (κ2) is 12.8. The fraction of sp³-hybridized carbons (Fsp3) is 0.484. The minimum absolute atomic E-state index is 0.00938. The smallest absolute Gasteiger partial charge is 0.222 e. The van der Waals surface area contributed by atoms with E-state index in [0.717, 1.165) is 78.3 Å². The van der Waals surface area contributed by atoms with Crippen molar-refractivity contribution in [3.63, 3.8) is 0 Å². The third kappa shape index (κ3) is 6.01. The highest BCUT2D eigenvalue weighted by atomic mass is 16.5. The predicted molar refractivity (Wildman–Crippen MR) is 161 cm³/mol. The van der Waals surface area contributed by atoms with E-state index in [1.807, 2.05) is 19.2 Å². The molecule has 1 aliphatic rings. The van der Waals surface area contributed by atoms with Crippen molar-refractivity contribution < 1.29 is 14.6 Å². The van der Waals surface area contributed by atoms with Gasteiger partial charge in [-0.3, -0.25) is 0 Å². The number of anilines is 2. The van der Waals surface area contributed by atoms with E-state index in [1.165, 1.54) is 5.56 Å². The Morgan fingerprint density at radius 1 is 1.10 bits per heavy atom. The van der Waals surface area contributed by atoms with Crippen LogP contribution in [0, 0.1) is 0 Å². The van der Waals surface area contributed by atoms with Gasteiger partial charge >= 0.3 is 0 Å². The molecule has 2 heterocycles. The number of aliphatic hydroxyl groups excluding tert-OH is 1. The molecule has 5 rings (SSSR count). The highest BCUT2D eigenvalue weighted by Crippen LogP contribution is 2.34. The van der Waals surface area contributed by atoms with Crippen molar-refractivity contribution in [3.8, 4) is 5.75 Å². The summed E-state index contributed by atoms with van der Waals surface area (Å²) >= 11 is 0. The van der Waals surface area contributed by atoms with E-state index in [2.05, 4.69) is 62.4 Å². The maximum absolute atomic E-state index is 10.0. The third-order valence-corrected chi connectivity index (χ3v) is 8.10. The van der Waals surface area contributed by atoms with Gasteiger partial charge in [0.2, 0.25) is 5.95 Å². The lowest BCUT2D eigenvalue weighted by Crippen LogP contribution is -2.34. The summed E-state index contributed by atoms with van der Waals surface area (Å²) in [4.78, 5) is 9.25. The van der Waals surface area contributed by atoms with Crippen molar-refractivity contribution in [1.29, 1.82) is 0 Å². The van der Waals surface area contributed by atoms with E-state index in [0.29, 0.717) is 24.5 Å². The van der Waals surface area contributed by atoms with Crippen LogP contribution in [0.25, 0.3) is 21.9 Å². The number of nitrogens with one attached hydrogen (secondary N) is 2. The summed E-state index contributed by atoms with van der Waals surface area (Å²) in [6, 6.07) is 15.0. The molecule has 0 amide bonds. The summed E-state index contributed by atoms with van der Waals surface area (Å²) < 4.78 is 13.6. The number of nitrogens with two attached hydrogens (primary N) is 1. The lowest BCUT2D eigenvalue weighted by atomic mass is 9.93. The molecule has 0 bridgehead atoms. The topological polar surface area (TPSA) is 119 Å². The van der Waals surface area contributed by atoms with Crippen LogP contribution in [-0.4, -0.2) is 58.7 Å². The van der Waals surface area contributed by atoms with Crippen molar-refractivity contribution in [1.82, 2.24) is 19.9 Å². The van der Waals surface area contributed by atoms with E-state index < -0.39 is 0 Å². The molecular formula is C31H42N6O3. The quantitative estimate of drug-likeness (QED) is 0.199. The van der Waals surface area contributed by atoms with Gasteiger partial charge in [-0.1, -0.05) is 37.6 Å². The van der Waals surface area contributed by atoms with Crippen molar-refractivity contribution in [2.45, 2.75) is 76.7 Å². The van der Waals surface area contributed by atoms with E-state index in [1.54, 1.807) is 7.11 Å². The lowest BCUT2D eigenvalue weighted by Gasteiger charge is -2.28. The average Bonchev–Trinajstić information content (AvgIpc) is 3.29. The molecule has 0 spiro atoms. The number of aliphatic hydroxyl groups is 1. The zero-order chi connectivity index (χ0) is 28.1. The minimum Gasteiger partial charge on any atom is -0.496 e. The number of fused-ring (bicyclic) bond motifs is 3. The Morgan fingerprint density at radius 3 is 2.62 bits per heavy atom. The Balaban J connectivity index is 1.50. The number of benzene rings is 2. The number of rotatable bonds is 12. The SMILES string of the molecule is CCC[C@@H](CO)Nc1nc(N)nc2c3ccccc3n(Cc3cc(CNC4CCC(OC)CC4)ccc3OC)c12. The van der Waals surface area contributed by atoms with Gasteiger partial charge in [0, 0.05) is 30.6 Å². The van der Waals surface area contributed by atoms with E-state index in [9.17, 15) is 5.11 Å². The molecule has 1 saturated carbocycles. The molecule has 2 aromatic carbocycles. The van der Waals surface area contributed by atoms with E-state index >= 15 is 0 Å². The summed E-state index contributed by atoms with van der Waals surface area (Å²) in [5, 5.41) is 18.2. The standard InChI is InChI=1S/C31H42N6O3/c1-4-7-23(19-38)34-30-29-28(35-31(32)36-30)25-8-5-6-9-26(25)37(29)18-21-16-20(10-15-27(21)40-3)17-33-22-11-13-24(39-2)14-12-22/h5-6,8-10,15-16,22-24,33,38H,4,7,11-14,17-19H2,1-3H3,(H3,32,34,35,36)/t22?,23-,24?/m0/s1. The largest absolute Gasteiger partial charge is 0.496 e. The minimum atomic E-state index is -0.128. The van der Waals surface area contributed by atoms with Gasteiger partial charge in [-0.15, -0.1) is 0 Å². The molecule has 5 N–H and O–H groups in total. The van der Waals surface area contributed by atoms with Crippen molar-refractivity contribution in [2.24, 2.45) is 0 Å². The van der Waals surface area contributed by atoms with Crippen LogP contribution in [-0.2, 0) is 17.8 Å². The van der Waals surface area contributed by atoms with Gasteiger partial charge in [-0.25, -0.2) is 4.98 Å². The predicted octanol–water partition coefficient (Wildman–Crippen LogP) is 4.84. The molecule has 0 saturated heterocycles. The molecule has 2 aromatic heterocycles. The number of nitrogen functional groups attached to an aromatic ring is 1. The molecule has 214 valence electrons. The monoisotopic (exact) mass is 546 g/mol. The average molecular weight is 547 g/mol. The van der Waals surface area contributed by atoms with Gasteiger partial charge in [0.1, 0.15) is 16.8 Å². The molecule has 1 aliphatic carbocycles. The Bertz CT molecular complexity index is 1430. The van der Waals surface area contributed by atoms with Crippen LogP contribution in [0.4, 0.5) is 11.8 Å². The van der Waals surface area contributed by atoms with E-state index in [-0.39, 0.29) is 18.6 Å². The first-order chi connectivity index (χ1) is 19.5. The second-order valence-electron chi connectivity index (χ2n) is 10.8. The fourth-order valence-electron chi connectivity index (χ4n) is 5.96. The maximum atomic E-state index is 10.0. The molecule has 1 atom stereocenters. The highest BCUT2D eigenvalue weighted by Gasteiger charge is 2.22. The van der Waals surface area contributed by atoms with Crippen molar-refractivity contribution >= 4 is 33.7 Å². The molecule has 0 radical (unpaired) electrons. The zero-order valence-corrected chi connectivity index (χ0v) is 23.8. The number of hydrogen-bond acceptors (Lipinski definition) is 8. The Hall–Kier alpha value is -3.40. The molecule has 1 fully saturated rings. The summed E-state index contributed by atoms with van der Waals surface area (Å²) in [5.41, 5.74) is 11.2. The molecule has 4 aromatic rings. The van der Waals surface area contributed by atoms with Gasteiger partial charge in [-0.2, -0.15) is 4.98 Å². The molecule has 0 unspecified atom stereocenters. The third-order valence-electron chi connectivity index (χ3n) is 8.10.